The molecule has 3 nitrogen and oxygen atoms in total. The molecule has 2 unspecified atom stereocenters. The van der Waals surface area contributed by atoms with E-state index in [-0.39, 0.29) is 25.4 Å². The summed E-state index contributed by atoms with van der Waals surface area (Å²) in [6.07, 6.45) is 24.6. The van der Waals surface area contributed by atoms with E-state index in [0.717, 1.165) is 25.7 Å². The molecule has 0 aliphatic rings. The van der Waals surface area contributed by atoms with Crippen LogP contribution in [0, 0.1) is 0 Å². The third-order valence-corrected chi connectivity index (χ3v) is 5.72. The van der Waals surface area contributed by atoms with E-state index < -0.39 is 0 Å². The molecular weight excluding hydrogens is 408 g/mol. The van der Waals surface area contributed by atoms with Crippen LogP contribution in [0.15, 0.2) is 0 Å². The highest BCUT2D eigenvalue weighted by molar-refractivity contribution is 5.75. The average Bonchev–Trinajstić information content (AvgIpc) is 2.75. The smallest absolute Gasteiger partial charge is 0.129 e. The van der Waals surface area contributed by atoms with Gasteiger partial charge in [-0.15, -0.1) is 0 Å². The number of rotatable bonds is 20. The number of aliphatic hydroxyl groups is 2. The summed E-state index contributed by atoms with van der Waals surface area (Å²) in [4.78, 5) is 10.3. The van der Waals surface area contributed by atoms with Crippen LogP contribution in [-0.4, -0.2) is 28.2 Å². The van der Waals surface area contributed by atoms with Crippen LogP contribution in [0.5, 0.6) is 0 Å². The molecular formula is C30H66O3. The van der Waals surface area contributed by atoms with E-state index in [1.807, 2.05) is 0 Å². The molecule has 0 aromatic carbocycles. The third kappa shape index (κ3) is 49.7. The van der Waals surface area contributed by atoms with E-state index in [4.69, 9.17) is 5.11 Å². The fourth-order valence-corrected chi connectivity index (χ4v) is 3.39. The minimum atomic E-state index is -0.260. The zero-order valence-electron chi connectivity index (χ0n) is 23.1. The van der Waals surface area contributed by atoms with Gasteiger partial charge in [-0.1, -0.05) is 131 Å². The van der Waals surface area contributed by atoms with Crippen molar-refractivity contribution in [2.24, 2.45) is 0 Å². The zero-order valence-corrected chi connectivity index (χ0v) is 23.1. The highest BCUT2D eigenvalue weighted by atomic mass is 16.3. The molecule has 0 aromatic rings. The first-order valence-electron chi connectivity index (χ1n) is 14.2. The van der Waals surface area contributed by atoms with E-state index in [1.54, 1.807) is 13.8 Å². The van der Waals surface area contributed by atoms with Crippen LogP contribution < -0.4 is 0 Å². The van der Waals surface area contributed by atoms with E-state index in [9.17, 15) is 9.90 Å². The fourth-order valence-electron chi connectivity index (χ4n) is 3.39. The molecule has 0 bridgehead atoms. The van der Waals surface area contributed by atoms with Crippen molar-refractivity contribution in [3.8, 4) is 0 Å². The molecule has 0 radical (unpaired) electrons. The minimum absolute atomic E-state index is 0. The van der Waals surface area contributed by atoms with Crippen LogP contribution in [0.2, 0.25) is 0 Å². The Morgan fingerprint density at radius 1 is 0.606 bits per heavy atom. The number of aliphatic hydroxyl groups excluding tert-OH is 2. The molecule has 0 saturated carbocycles. The van der Waals surface area contributed by atoms with Gasteiger partial charge in [0.1, 0.15) is 5.78 Å². The zero-order chi connectivity index (χ0) is 24.9. The molecule has 0 fully saturated rings. The summed E-state index contributed by atoms with van der Waals surface area (Å²) in [7, 11) is 0. The van der Waals surface area contributed by atoms with Gasteiger partial charge in [0.25, 0.3) is 0 Å². The maximum Gasteiger partial charge on any atom is 0.129 e. The van der Waals surface area contributed by atoms with Gasteiger partial charge < -0.3 is 15.0 Å². The Balaban J connectivity index is -0.000000196. The van der Waals surface area contributed by atoms with Crippen molar-refractivity contribution >= 4 is 5.78 Å². The van der Waals surface area contributed by atoms with Crippen molar-refractivity contribution in [3.05, 3.63) is 0 Å². The summed E-state index contributed by atoms with van der Waals surface area (Å²) in [6.45, 7) is 12.1. The van der Waals surface area contributed by atoms with Crippen molar-refractivity contribution in [1.29, 1.82) is 0 Å². The van der Waals surface area contributed by atoms with Crippen molar-refractivity contribution in [1.82, 2.24) is 0 Å². The quantitative estimate of drug-likeness (QED) is 0.173. The lowest BCUT2D eigenvalue weighted by atomic mass is 10.0. The normalized spacial score (nSPS) is 11.9. The second kappa shape index (κ2) is 36.2. The molecule has 0 aliphatic heterocycles. The number of ketones is 1. The van der Waals surface area contributed by atoms with Gasteiger partial charge in [0, 0.05) is 6.42 Å². The van der Waals surface area contributed by atoms with Crippen molar-refractivity contribution < 1.29 is 15.0 Å². The van der Waals surface area contributed by atoms with Crippen LogP contribution in [0.3, 0.4) is 0 Å². The van der Waals surface area contributed by atoms with Gasteiger partial charge in [-0.25, -0.2) is 0 Å². The van der Waals surface area contributed by atoms with Gasteiger partial charge in [0.15, 0.2) is 0 Å². The second-order valence-electron chi connectivity index (χ2n) is 9.54. The Bertz CT molecular complexity index is 323. The third-order valence-electron chi connectivity index (χ3n) is 5.72. The summed E-state index contributed by atoms with van der Waals surface area (Å²) < 4.78 is 0. The topological polar surface area (TPSA) is 57.5 Å². The predicted molar refractivity (Wildman–Crippen MR) is 150 cm³/mol. The lowest BCUT2D eigenvalue weighted by Gasteiger charge is -2.06. The van der Waals surface area contributed by atoms with Crippen LogP contribution in [0.4, 0.5) is 0 Å². The molecule has 0 aromatic heterocycles. The summed E-state index contributed by atoms with van der Waals surface area (Å²) in [5, 5.41) is 18.1. The van der Waals surface area contributed by atoms with Gasteiger partial charge in [-0.05, 0) is 39.5 Å². The Morgan fingerprint density at radius 3 is 1.27 bits per heavy atom. The van der Waals surface area contributed by atoms with Gasteiger partial charge in [-0.2, -0.15) is 0 Å². The molecule has 0 amide bonds. The molecule has 33 heavy (non-hydrogen) atoms. The summed E-state index contributed by atoms with van der Waals surface area (Å²) in [5.74, 6) is 0.204. The van der Waals surface area contributed by atoms with Crippen LogP contribution >= 0.6 is 0 Å². The van der Waals surface area contributed by atoms with E-state index in [0.29, 0.717) is 6.42 Å². The first-order valence-corrected chi connectivity index (χ1v) is 14.2. The number of Topliss-reactive ketones (excluding diaryl/α,β-unsaturated/α-hetero) is 1. The first kappa shape index (κ1) is 39.8. The maximum absolute atomic E-state index is 10.3. The largest absolute Gasteiger partial charge is 0.393 e. The van der Waals surface area contributed by atoms with Crippen LogP contribution in [0.25, 0.3) is 0 Å². The van der Waals surface area contributed by atoms with Crippen LogP contribution in [-0.2, 0) is 4.79 Å². The van der Waals surface area contributed by atoms with E-state index in [1.165, 1.54) is 96.3 Å². The lowest BCUT2D eigenvalue weighted by molar-refractivity contribution is -0.117. The number of hydrogen-bond donors (Lipinski definition) is 2. The Morgan fingerprint density at radius 2 is 0.970 bits per heavy atom. The van der Waals surface area contributed by atoms with Crippen LogP contribution in [0.1, 0.15) is 177 Å². The van der Waals surface area contributed by atoms with Crippen molar-refractivity contribution in [2.45, 2.75) is 190 Å². The monoisotopic (exact) mass is 475 g/mol. The second-order valence-corrected chi connectivity index (χ2v) is 9.54. The molecule has 0 saturated heterocycles. The lowest BCUT2D eigenvalue weighted by Crippen LogP contribution is -2.03. The van der Waals surface area contributed by atoms with Crippen molar-refractivity contribution in [3.63, 3.8) is 0 Å². The highest BCUT2D eigenvalue weighted by Gasteiger charge is 1.99. The molecule has 204 valence electrons. The summed E-state index contributed by atoms with van der Waals surface area (Å²) in [6, 6.07) is 0. The van der Waals surface area contributed by atoms with E-state index in [2.05, 4.69) is 27.7 Å². The van der Waals surface area contributed by atoms with Gasteiger partial charge in [0.05, 0.1) is 12.2 Å². The molecule has 3 heteroatoms. The number of carbonyl (C=O) groups is 1. The maximum atomic E-state index is 10.3. The van der Waals surface area contributed by atoms with E-state index >= 15 is 0 Å². The Hall–Kier alpha value is -0.410. The first-order chi connectivity index (χ1) is 15.3. The number of unbranched alkanes of at least 4 members (excludes halogenated alkanes) is 13. The molecule has 0 heterocycles. The molecule has 2 N–H and O–H groups in total. The average molecular weight is 475 g/mol. The standard InChI is InChI=1S/C13H28O.C9H20.C7H14O2.CH4/c1-3-5-6-7-8-9-10-11-12-13(14)4-2;1-3-5-7-9-8-6-4-2;1-6(8)4-3-5-7(2)9;/h13-14H,3-12H2,1-2H3;3-9H2,1-2H3;6,8H,3-5H2,1-2H3;1H4. The van der Waals surface area contributed by atoms with Crippen molar-refractivity contribution in [2.75, 3.05) is 0 Å². The fraction of sp³-hybridized carbons (Fsp3) is 0.967. The molecule has 2 atom stereocenters. The molecule has 0 aliphatic carbocycles. The highest BCUT2D eigenvalue weighted by Crippen LogP contribution is 2.11. The van der Waals surface area contributed by atoms with Gasteiger partial charge >= 0.3 is 0 Å². The Kier molecular flexibility index (Phi) is 43.6. The molecule has 0 rings (SSSR count). The summed E-state index contributed by atoms with van der Waals surface area (Å²) >= 11 is 0. The minimum Gasteiger partial charge on any atom is -0.393 e. The summed E-state index contributed by atoms with van der Waals surface area (Å²) in [5.41, 5.74) is 0. The number of hydrogen-bond acceptors (Lipinski definition) is 3. The predicted octanol–water partition coefficient (Wildman–Crippen LogP) is 9.81. The molecule has 0 spiro atoms. The number of carbonyl (C=O) groups excluding carboxylic acids is 1. The Labute approximate surface area is 210 Å². The SMILES string of the molecule is C.CC(=O)CCCC(C)O.CCCCCCCCC.CCCCCCCCCCC(O)CC. The van der Waals surface area contributed by atoms with Gasteiger partial charge in [-0.3, -0.25) is 0 Å². The van der Waals surface area contributed by atoms with Gasteiger partial charge in [0.2, 0.25) is 0 Å².